The zero-order valence-corrected chi connectivity index (χ0v) is 11.4. The Morgan fingerprint density at radius 3 is 2.58 bits per heavy atom. The summed E-state index contributed by atoms with van der Waals surface area (Å²) in [5.74, 6) is -1.47. The molecule has 19 heavy (non-hydrogen) atoms. The number of aliphatic carboxylic acids is 1. The summed E-state index contributed by atoms with van der Waals surface area (Å²) >= 11 is 5.95. The van der Waals surface area contributed by atoms with E-state index in [4.69, 9.17) is 16.7 Å². The fourth-order valence-electron chi connectivity index (χ4n) is 1.50. The first-order valence-corrected chi connectivity index (χ1v) is 6.40. The molecule has 6 heteroatoms. The van der Waals surface area contributed by atoms with Gasteiger partial charge in [-0.15, -0.1) is 0 Å². The highest BCUT2D eigenvalue weighted by atomic mass is 35.5. The number of carbonyl (C=O) groups is 2. The molecule has 0 aliphatic carbocycles. The van der Waals surface area contributed by atoms with Crippen LogP contribution in [-0.4, -0.2) is 23.7 Å². The minimum atomic E-state index is -0.908. The van der Waals surface area contributed by atoms with Gasteiger partial charge in [0.1, 0.15) is 0 Å². The summed E-state index contributed by atoms with van der Waals surface area (Å²) in [5.41, 5.74) is 0.810. The molecule has 2 amide bonds. The molecule has 1 rings (SSSR count). The minimum Gasteiger partial charge on any atom is -0.481 e. The van der Waals surface area contributed by atoms with Gasteiger partial charge in [-0.05, 0) is 18.1 Å². The first-order chi connectivity index (χ1) is 9.04. The lowest BCUT2D eigenvalue weighted by Gasteiger charge is -2.12. The molecular formula is C13H17ClN2O3. The Morgan fingerprint density at radius 2 is 2.00 bits per heavy atom. The van der Waals surface area contributed by atoms with Crippen LogP contribution >= 0.6 is 11.6 Å². The van der Waals surface area contributed by atoms with Gasteiger partial charge in [0.25, 0.3) is 0 Å². The first kappa shape index (κ1) is 15.3. The number of rotatable bonds is 6. The van der Waals surface area contributed by atoms with E-state index in [1.165, 1.54) is 0 Å². The Balaban J connectivity index is 2.36. The van der Waals surface area contributed by atoms with Crippen molar-refractivity contribution in [2.24, 2.45) is 5.92 Å². The summed E-state index contributed by atoms with van der Waals surface area (Å²) in [4.78, 5) is 22.3. The van der Waals surface area contributed by atoms with Gasteiger partial charge in [0, 0.05) is 18.1 Å². The normalized spacial score (nSPS) is 11.7. The molecule has 0 aromatic heterocycles. The molecule has 0 heterocycles. The first-order valence-electron chi connectivity index (χ1n) is 6.02. The Kier molecular flexibility index (Phi) is 6.15. The highest BCUT2D eigenvalue weighted by Crippen LogP contribution is 2.14. The molecule has 0 fully saturated rings. The van der Waals surface area contributed by atoms with E-state index in [2.05, 4.69) is 10.6 Å². The van der Waals surface area contributed by atoms with E-state index in [0.29, 0.717) is 18.0 Å². The van der Waals surface area contributed by atoms with Crippen LogP contribution in [0.5, 0.6) is 0 Å². The molecule has 1 aromatic carbocycles. The topological polar surface area (TPSA) is 78.4 Å². The number of nitrogens with one attached hydrogen (secondary N) is 2. The highest BCUT2D eigenvalue weighted by molar-refractivity contribution is 6.31. The second kappa shape index (κ2) is 7.63. The molecule has 0 aliphatic heterocycles. The number of halogens is 1. The van der Waals surface area contributed by atoms with Gasteiger partial charge in [-0.25, -0.2) is 4.79 Å². The van der Waals surface area contributed by atoms with E-state index >= 15 is 0 Å². The average Bonchev–Trinajstić information content (AvgIpc) is 2.38. The van der Waals surface area contributed by atoms with Crippen molar-refractivity contribution < 1.29 is 14.7 Å². The van der Waals surface area contributed by atoms with E-state index in [9.17, 15) is 9.59 Å². The fourth-order valence-corrected chi connectivity index (χ4v) is 1.70. The van der Waals surface area contributed by atoms with Gasteiger partial charge in [-0.3, -0.25) is 4.79 Å². The number of carboxylic acids is 1. The van der Waals surface area contributed by atoms with Crippen molar-refractivity contribution in [1.82, 2.24) is 10.6 Å². The SMILES string of the molecule is CCC(CNC(=O)NCc1ccccc1Cl)C(=O)O. The standard InChI is InChI=1S/C13H17ClN2O3/c1-2-9(12(17)18)7-15-13(19)16-8-10-5-3-4-6-11(10)14/h3-6,9H,2,7-8H2,1H3,(H,17,18)(H2,15,16,19). The Morgan fingerprint density at radius 1 is 1.32 bits per heavy atom. The van der Waals surface area contributed by atoms with Gasteiger partial charge in [0.15, 0.2) is 0 Å². The van der Waals surface area contributed by atoms with Crippen LogP contribution in [0.4, 0.5) is 4.79 Å². The Bertz CT molecular complexity index is 451. The van der Waals surface area contributed by atoms with Crippen LogP contribution in [0.2, 0.25) is 5.02 Å². The summed E-state index contributed by atoms with van der Waals surface area (Å²) < 4.78 is 0. The lowest BCUT2D eigenvalue weighted by atomic mass is 10.1. The van der Waals surface area contributed by atoms with Gasteiger partial charge in [0.2, 0.25) is 0 Å². The molecule has 0 saturated heterocycles. The second-order valence-electron chi connectivity index (χ2n) is 4.10. The van der Waals surface area contributed by atoms with Crippen LogP contribution in [0.3, 0.4) is 0 Å². The van der Waals surface area contributed by atoms with E-state index in [0.717, 1.165) is 5.56 Å². The molecule has 5 nitrogen and oxygen atoms in total. The van der Waals surface area contributed by atoms with Crippen LogP contribution in [0.1, 0.15) is 18.9 Å². The molecule has 3 N–H and O–H groups in total. The van der Waals surface area contributed by atoms with Gasteiger partial charge in [-0.2, -0.15) is 0 Å². The molecule has 0 spiro atoms. The third-order valence-electron chi connectivity index (χ3n) is 2.75. The van der Waals surface area contributed by atoms with E-state index in [1.807, 2.05) is 18.2 Å². The maximum absolute atomic E-state index is 11.5. The molecule has 104 valence electrons. The third-order valence-corrected chi connectivity index (χ3v) is 3.12. The van der Waals surface area contributed by atoms with Crippen molar-refractivity contribution >= 4 is 23.6 Å². The lowest BCUT2D eigenvalue weighted by Crippen LogP contribution is -2.39. The molecule has 0 radical (unpaired) electrons. The van der Waals surface area contributed by atoms with Crippen molar-refractivity contribution in [2.75, 3.05) is 6.54 Å². The van der Waals surface area contributed by atoms with Crippen molar-refractivity contribution in [3.8, 4) is 0 Å². The molecule has 1 atom stereocenters. The molecule has 0 aliphatic rings. The Hall–Kier alpha value is -1.75. The molecular weight excluding hydrogens is 268 g/mol. The predicted molar refractivity (Wildman–Crippen MR) is 73.1 cm³/mol. The highest BCUT2D eigenvalue weighted by Gasteiger charge is 2.15. The van der Waals surface area contributed by atoms with Gasteiger partial charge < -0.3 is 15.7 Å². The van der Waals surface area contributed by atoms with Crippen LogP contribution < -0.4 is 10.6 Å². The van der Waals surface area contributed by atoms with Crippen LogP contribution in [0, 0.1) is 5.92 Å². The van der Waals surface area contributed by atoms with Gasteiger partial charge >= 0.3 is 12.0 Å². The second-order valence-corrected chi connectivity index (χ2v) is 4.51. The van der Waals surface area contributed by atoms with Gasteiger partial charge in [-0.1, -0.05) is 36.7 Å². The number of hydrogen-bond donors (Lipinski definition) is 3. The van der Waals surface area contributed by atoms with Crippen LogP contribution in [0.15, 0.2) is 24.3 Å². The van der Waals surface area contributed by atoms with Crippen molar-refractivity contribution in [2.45, 2.75) is 19.9 Å². The molecule has 1 unspecified atom stereocenters. The summed E-state index contributed by atoms with van der Waals surface area (Å²) in [7, 11) is 0. The van der Waals surface area contributed by atoms with Crippen molar-refractivity contribution in [3.63, 3.8) is 0 Å². The van der Waals surface area contributed by atoms with E-state index < -0.39 is 17.9 Å². The van der Waals surface area contributed by atoms with Crippen molar-refractivity contribution in [3.05, 3.63) is 34.9 Å². The zero-order valence-electron chi connectivity index (χ0n) is 10.6. The smallest absolute Gasteiger partial charge is 0.315 e. The van der Waals surface area contributed by atoms with Crippen LogP contribution in [-0.2, 0) is 11.3 Å². The maximum atomic E-state index is 11.5. The monoisotopic (exact) mass is 284 g/mol. The predicted octanol–water partition coefficient (Wildman–Crippen LogP) is 2.25. The quantitative estimate of drug-likeness (QED) is 0.750. The number of amides is 2. The van der Waals surface area contributed by atoms with Crippen LogP contribution in [0.25, 0.3) is 0 Å². The Labute approximate surface area is 117 Å². The number of urea groups is 1. The zero-order chi connectivity index (χ0) is 14.3. The summed E-state index contributed by atoms with van der Waals surface area (Å²) in [6.45, 7) is 2.18. The molecule has 0 bridgehead atoms. The summed E-state index contributed by atoms with van der Waals surface area (Å²) in [5, 5.41) is 14.6. The average molecular weight is 285 g/mol. The number of carbonyl (C=O) groups excluding carboxylic acids is 1. The van der Waals surface area contributed by atoms with E-state index in [1.54, 1.807) is 13.0 Å². The number of hydrogen-bond acceptors (Lipinski definition) is 2. The molecule has 1 aromatic rings. The largest absolute Gasteiger partial charge is 0.481 e. The summed E-state index contributed by atoms with van der Waals surface area (Å²) in [6.07, 6.45) is 0.472. The molecule has 0 saturated carbocycles. The number of carboxylic acid groups (broad SMARTS) is 1. The van der Waals surface area contributed by atoms with Gasteiger partial charge in [0.05, 0.1) is 5.92 Å². The minimum absolute atomic E-state index is 0.111. The lowest BCUT2D eigenvalue weighted by molar-refractivity contribution is -0.141. The maximum Gasteiger partial charge on any atom is 0.315 e. The summed E-state index contributed by atoms with van der Waals surface area (Å²) in [6, 6.07) is 6.80. The third kappa shape index (κ3) is 5.18. The van der Waals surface area contributed by atoms with Crippen molar-refractivity contribution in [1.29, 1.82) is 0 Å². The fraction of sp³-hybridized carbons (Fsp3) is 0.385. The van der Waals surface area contributed by atoms with E-state index in [-0.39, 0.29) is 6.54 Å². The number of benzene rings is 1.